The van der Waals surface area contributed by atoms with E-state index in [1.165, 1.54) is 0 Å². The van der Waals surface area contributed by atoms with Crippen LogP contribution in [0.1, 0.15) is 13.8 Å². The second kappa shape index (κ2) is 5.80. The van der Waals surface area contributed by atoms with Gasteiger partial charge in [0.15, 0.2) is 0 Å². The maximum absolute atomic E-state index is 5.70. The Bertz CT molecular complexity index is 275. The third kappa shape index (κ3) is 3.14. The average Bonchev–Trinajstić information content (AvgIpc) is 2.17. The first-order valence-corrected chi connectivity index (χ1v) is 6.38. The average molecular weight is 211 g/mol. The number of nitrogens with two attached hydrogens (primary N) is 1. The van der Waals surface area contributed by atoms with Crippen molar-refractivity contribution in [1.29, 1.82) is 0 Å². The molecule has 0 spiro atoms. The first-order valence-electron chi connectivity index (χ1n) is 4.86. The molecule has 14 heavy (non-hydrogen) atoms. The zero-order chi connectivity index (χ0) is 10.4. The zero-order valence-corrected chi connectivity index (χ0v) is 9.85. The molecular weight excluding hydrogens is 194 g/mol. The summed E-state index contributed by atoms with van der Waals surface area (Å²) >= 11 is 0. The van der Waals surface area contributed by atoms with Gasteiger partial charge in [-0.05, 0) is 31.2 Å². The fourth-order valence-electron chi connectivity index (χ4n) is 1.25. The van der Waals surface area contributed by atoms with Gasteiger partial charge in [0.05, 0.1) is 0 Å². The van der Waals surface area contributed by atoms with Crippen molar-refractivity contribution in [2.24, 2.45) is 0 Å². The first-order chi connectivity index (χ1) is 6.77. The van der Waals surface area contributed by atoms with Crippen LogP contribution >= 0.6 is 0 Å². The standard InChI is InChI=1S/C10H17NO2Si/c1-3-12-14(13-4-2)10-7-5-6-9(11)8-10/h5-8,14H,3-4,11H2,1-2H3. The molecule has 0 aromatic heterocycles. The lowest BCUT2D eigenvalue weighted by atomic mass is 10.3. The minimum absolute atomic E-state index is 0.686. The van der Waals surface area contributed by atoms with E-state index in [2.05, 4.69) is 0 Å². The molecule has 1 rings (SSSR count). The highest BCUT2D eigenvalue weighted by Gasteiger charge is 2.14. The highest BCUT2D eigenvalue weighted by molar-refractivity contribution is 6.61. The van der Waals surface area contributed by atoms with Crippen LogP contribution in [-0.4, -0.2) is 22.5 Å². The van der Waals surface area contributed by atoms with Crippen LogP contribution in [-0.2, 0) is 8.85 Å². The lowest BCUT2D eigenvalue weighted by molar-refractivity contribution is 0.225. The Morgan fingerprint density at radius 3 is 2.36 bits per heavy atom. The van der Waals surface area contributed by atoms with E-state index in [1.807, 2.05) is 38.1 Å². The molecule has 0 unspecified atom stereocenters. The van der Waals surface area contributed by atoms with Gasteiger partial charge in [0.25, 0.3) is 0 Å². The maximum Gasteiger partial charge on any atom is 0.355 e. The molecule has 0 bridgehead atoms. The van der Waals surface area contributed by atoms with Crippen molar-refractivity contribution in [3.05, 3.63) is 24.3 Å². The van der Waals surface area contributed by atoms with Crippen molar-refractivity contribution in [2.45, 2.75) is 13.8 Å². The summed E-state index contributed by atoms with van der Waals surface area (Å²) in [7, 11) is -1.70. The van der Waals surface area contributed by atoms with Crippen molar-refractivity contribution in [1.82, 2.24) is 0 Å². The molecule has 4 heteroatoms. The normalized spacial score (nSPS) is 10.8. The van der Waals surface area contributed by atoms with E-state index in [9.17, 15) is 0 Å². The van der Waals surface area contributed by atoms with Gasteiger partial charge in [0, 0.05) is 18.9 Å². The number of hydrogen-bond donors (Lipinski definition) is 1. The smallest absolute Gasteiger partial charge is 0.355 e. The predicted octanol–water partition coefficient (Wildman–Crippen LogP) is 0.769. The summed E-state index contributed by atoms with van der Waals surface area (Å²) in [5.41, 5.74) is 6.46. The van der Waals surface area contributed by atoms with E-state index in [0.717, 1.165) is 10.9 Å². The molecular formula is C10H17NO2Si. The third-order valence-electron chi connectivity index (χ3n) is 1.82. The van der Waals surface area contributed by atoms with E-state index >= 15 is 0 Å². The molecule has 0 atom stereocenters. The third-order valence-corrected chi connectivity index (χ3v) is 3.99. The van der Waals surface area contributed by atoms with Crippen LogP contribution in [0.5, 0.6) is 0 Å². The summed E-state index contributed by atoms with van der Waals surface area (Å²) in [6, 6.07) is 7.75. The molecule has 0 fully saturated rings. The van der Waals surface area contributed by atoms with Crippen LogP contribution in [0, 0.1) is 0 Å². The van der Waals surface area contributed by atoms with E-state index in [0.29, 0.717) is 13.2 Å². The summed E-state index contributed by atoms with van der Waals surface area (Å²) in [4.78, 5) is 0. The van der Waals surface area contributed by atoms with Crippen molar-refractivity contribution in [2.75, 3.05) is 18.9 Å². The topological polar surface area (TPSA) is 44.5 Å². The Labute approximate surface area is 86.7 Å². The fraction of sp³-hybridized carbons (Fsp3) is 0.400. The van der Waals surface area contributed by atoms with E-state index in [1.54, 1.807) is 0 Å². The van der Waals surface area contributed by atoms with Gasteiger partial charge < -0.3 is 14.6 Å². The fourth-order valence-corrected chi connectivity index (χ4v) is 2.93. The van der Waals surface area contributed by atoms with Gasteiger partial charge in [0.1, 0.15) is 0 Å². The molecule has 78 valence electrons. The highest BCUT2D eigenvalue weighted by atomic mass is 28.3. The van der Waals surface area contributed by atoms with E-state index in [4.69, 9.17) is 14.6 Å². The van der Waals surface area contributed by atoms with Gasteiger partial charge in [-0.25, -0.2) is 0 Å². The van der Waals surface area contributed by atoms with Crippen molar-refractivity contribution in [3.8, 4) is 0 Å². The molecule has 0 aliphatic rings. The van der Waals surface area contributed by atoms with Crippen molar-refractivity contribution < 1.29 is 8.85 Å². The Balaban J connectivity index is 2.75. The quantitative estimate of drug-likeness (QED) is 0.578. The molecule has 0 saturated carbocycles. The molecule has 1 aromatic carbocycles. The molecule has 0 radical (unpaired) electrons. The zero-order valence-electron chi connectivity index (χ0n) is 8.69. The van der Waals surface area contributed by atoms with Crippen LogP contribution in [0.15, 0.2) is 24.3 Å². The van der Waals surface area contributed by atoms with Gasteiger partial charge in [-0.3, -0.25) is 0 Å². The summed E-state index contributed by atoms with van der Waals surface area (Å²) < 4.78 is 11.2. The predicted molar refractivity (Wildman–Crippen MR) is 60.9 cm³/mol. The molecule has 3 nitrogen and oxygen atoms in total. The lowest BCUT2D eigenvalue weighted by Crippen LogP contribution is -2.37. The van der Waals surface area contributed by atoms with E-state index in [-0.39, 0.29) is 0 Å². The second-order valence-electron chi connectivity index (χ2n) is 2.91. The van der Waals surface area contributed by atoms with Crippen LogP contribution in [0.3, 0.4) is 0 Å². The monoisotopic (exact) mass is 211 g/mol. The van der Waals surface area contributed by atoms with Crippen LogP contribution in [0.2, 0.25) is 0 Å². The minimum Gasteiger partial charge on any atom is -0.399 e. The van der Waals surface area contributed by atoms with Gasteiger partial charge in [0.2, 0.25) is 0 Å². The highest BCUT2D eigenvalue weighted by Crippen LogP contribution is 2.00. The molecule has 0 aliphatic carbocycles. The number of rotatable bonds is 5. The maximum atomic E-state index is 5.70. The second-order valence-corrected chi connectivity index (χ2v) is 4.91. The Kier molecular flexibility index (Phi) is 4.65. The molecule has 1 aromatic rings. The van der Waals surface area contributed by atoms with Gasteiger partial charge in [-0.15, -0.1) is 0 Å². The molecule has 0 amide bonds. The van der Waals surface area contributed by atoms with E-state index < -0.39 is 9.28 Å². The lowest BCUT2D eigenvalue weighted by Gasteiger charge is -2.15. The number of benzene rings is 1. The van der Waals surface area contributed by atoms with Crippen LogP contribution < -0.4 is 10.9 Å². The minimum atomic E-state index is -1.70. The van der Waals surface area contributed by atoms with Gasteiger partial charge >= 0.3 is 9.28 Å². The SMILES string of the molecule is CCO[SiH](OCC)c1cccc(N)c1. The van der Waals surface area contributed by atoms with Crippen LogP contribution in [0.25, 0.3) is 0 Å². The van der Waals surface area contributed by atoms with Crippen molar-refractivity contribution >= 4 is 20.2 Å². The summed E-state index contributed by atoms with van der Waals surface area (Å²) in [6.45, 7) is 5.33. The van der Waals surface area contributed by atoms with Gasteiger partial charge in [-0.2, -0.15) is 0 Å². The first kappa shape index (κ1) is 11.2. The molecule has 2 N–H and O–H groups in total. The number of nitrogen functional groups attached to an aromatic ring is 1. The number of hydrogen-bond acceptors (Lipinski definition) is 3. The summed E-state index contributed by atoms with van der Waals surface area (Å²) in [5, 5.41) is 1.11. The molecule has 0 aliphatic heterocycles. The Morgan fingerprint density at radius 1 is 1.21 bits per heavy atom. The largest absolute Gasteiger partial charge is 0.399 e. The van der Waals surface area contributed by atoms with Gasteiger partial charge in [-0.1, -0.05) is 12.1 Å². The molecule has 0 saturated heterocycles. The van der Waals surface area contributed by atoms with Crippen molar-refractivity contribution in [3.63, 3.8) is 0 Å². The summed E-state index contributed by atoms with van der Waals surface area (Å²) in [5.74, 6) is 0. The summed E-state index contributed by atoms with van der Waals surface area (Å²) in [6.07, 6.45) is 0. The molecule has 0 heterocycles. The van der Waals surface area contributed by atoms with Crippen LogP contribution in [0.4, 0.5) is 5.69 Å². The number of anilines is 1. The Hall–Kier alpha value is -0.843. The Morgan fingerprint density at radius 2 is 1.86 bits per heavy atom.